The van der Waals surface area contributed by atoms with Crippen LogP contribution in [0.15, 0.2) is 54.6 Å². The third-order valence-electron chi connectivity index (χ3n) is 5.37. The number of aryl methyl sites for hydroxylation is 1. The van der Waals surface area contributed by atoms with Gasteiger partial charge in [-0.1, -0.05) is 36.4 Å². The molecule has 0 unspecified atom stereocenters. The lowest BCUT2D eigenvalue weighted by atomic mass is 9.90. The number of non-ortho nitro benzene ring substituents is 1. The molecule has 7 heteroatoms. The summed E-state index contributed by atoms with van der Waals surface area (Å²) in [5, 5.41) is 13.4. The van der Waals surface area contributed by atoms with Crippen molar-refractivity contribution >= 4 is 17.5 Å². The molecule has 0 aliphatic carbocycles. The van der Waals surface area contributed by atoms with Gasteiger partial charge in [-0.15, -0.1) is 0 Å². The lowest BCUT2D eigenvalue weighted by Crippen LogP contribution is -2.44. The SMILES string of the molecule is O=C(NCC(=O)N1CCC(CCc2ccccc2)CC1)c1cccc([N+](=O)[O-])c1. The number of piperidine rings is 1. The van der Waals surface area contributed by atoms with Crippen LogP contribution in [0.2, 0.25) is 0 Å². The van der Waals surface area contributed by atoms with Crippen molar-refractivity contribution in [1.29, 1.82) is 0 Å². The van der Waals surface area contributed by atoms with E-state index in [2.05, 4.69) is 29.6 Å². The molecule has 2 amide bonds. The zero-order valence-electron chi connectivity index (χ0n) is 16.3. The number of hydrogen-bond donors (Lipinski definition) is 1. The summed E-state index contributed by atoms with van der Waals surface area (Å²) in [7, 11) is 0. The van der Waals surface area contributed by atoms with Crippen LogP contribution in [-0.4, -0.2) is 41.3 Å². The van der Waals surface area contributed by atoms with Gasteiger partial charge in [0.2, 0.25) is 5.91 Å². The molecule has 7 nitrogen and oxygen atoms in total. The van der Waals surface area contributed by atoms with E-state index in [1.165, 1.54) is 29.8 Å². The van der Waals surface area contributed by atoms with E-state index in [1.807, 2.05) is 6.07 Å². The predicted molar refractivity (Wildman–Crippen MR) is 109 cm³/mol. The first-order valence-corrected chi connectivity index (χ1v) is 9.87. The van der Waals surface area contributed by atoms with Crippen molar-refractivity contribution in [3.05, 3.63) is 75.8 Å². The molecular weight excluding hydrogens is 370 g/mol. The van der Waals surface area contributed by atoms with Gasteiger partial charge in [0.15, 0.2) is 0 Å². The summed E-state index contributed by atoms with van der Waals surface area (Å²) in [5.74, 6) is 0.00352. The molecule has 0 spiro atoms. The van der Waals surface area contributed by atoms with Gasteiger partial charge in [-0.05, 0) is 43.2 Å². The van der Waals surface area contributed by atoms with Crippen molar-refractivity contribution in [3.63, 3.8) is 0 Å². The summed E-state index contributed by atoms with van der Waals surface area (Å²) in [6.07, 6.45) is 4.11. The van der Waals surface area contributed by atoms with E-state index in [9.17, 15) is 19.7 Å². The van der Waals surface area contributed by atoms with Crippen molar-refractivity contribution in [3.8, 4) is 0 Å². The first kappa shape index (κ1) is 20.5. The molecule has 2 aromatic carbocycles. The molecule has 0 radical (unpaired) electrons. The van der Waals surface area contributed by atoms with Crippen molar-refractivity contribution in [2.45, 2.75) is 25.7 Å². The van der Waals surface area contributed by atoms with Gasteiger partial charge in [-0.25, -0.2) is 0 Å². The predicted octanol–water partition coefficient (Wildman–Crippen LogP) is 3.20. The smallest absolute Gasteiger partial charge is 0.270 e. The molecule has 2 aromatic rings. The minimum Gasteiger partial charge on any atom is -0.343 e. The molecule has 29 heavy (non-hydrogen) atoms. The molecule has 1 heterocycles. The number of nitro groups is 1. The van der Waals surface area contributed by atoms with Gasteiger partial charge in [0.05, 0.1) is 11.5 Å². The summed E-state index contributed by atoms with van der Waals surface area (Å²) in [6.45, 7) is 1.30. The molecule has 1 aliphatic heterocycles. The average molecular weight is 395 g/mol. The van der Waals surface area contributed by atoms with Crippen LogP contribution in [-0.2, 0) is 11.2 Å². The van der Waals surface area contributed by atoms with Crippen LogP contribution in [0.5, 0.6) is 0 Å². The number of benzene rings is 2. The van der Waals surface area contributed by atoms with Gasteiger partial charge in [0.25, 0.3) is 11.6 Å². The molecule has 0 bridgehead atoms. The Morgan fingerprint density at radius 1 is 1.07 bits per heavy atom. The Kier molecular flexibility index (Phi) is 6.94. The zero-order chi connectivity index (χ0) is 20.6. The Labute approximate surface area is 169 Å². The number of carbonyl (C=O) groups is 2. The molecule has 0 saturated carbocycles. The Hall–Kier alpha value is -3.22. The lowest BCUT2D eigenvalue weighted by Gasteiger charge is -2.32. The van der Waals surface area contributed by atoms with Crippen LogP contribution in [0.1, 0.15) is 35.2 Å². The second-order valence-electron chi connectivity index (χ2n) is 7.34. The minimum atomic E-state index is -0.552. The van der Waals surface area contributed by atoms with Crippen molar-refractivity contribution in [2.75, 3.05) is 19.6 Å². The molecule has 1 fully saturated rings. The third-order valence-corrected chi connectivity index (χ3v) is 5.37. The molecule has 152 valence electrons. The van der Waals surface area contributed by atoms with E-state index >= 15 is 0 Å². The summed E-state index contributed by atoms with van der Waals surface area (Å²) in [6, 6.07) is 15.9. The summed E-state index contributed by atoms with van der Waals surface area (Å²) < 4.78 is 0. The molecule has 1 aliphatic rings. The second-order valence-corrected chi connectivity index (χ2v) is 7.34. The molecule has 0 aromatic heterocycles. The maximum atomic E-state index is 12.4. The maximum Gasteiger partial charge on any atom is 0.270 e. The number of nitro benzene ring substituents is 1. The fourth-order valence-corrected chi connectivity index (χ4v) is 3.62. The summed E-state index contributed by atoms with van der Waals surface area (Å²) in [5.41, 5.74) is 1.36. The van der Waals surface area contributed by atoms with E-state index in [4.69, 9.17) is 0 Å². The summed E-state index contributed by atoms with van der Waals surface area (Å²) >= 11 is 0. The monoisotopic (exact) mass is 395 g/mol. The van der Waals surface area contributed by atoms with Gasteiger partial charge in [0.1, 0.15) is 0 Å². The largest absolute Gasteiger partial charge is 0.343 e. The second kappa shape index (κ2) is 9.82. The van der Waals surface area contributed by atoms with E-state index in [0.29, 0.717) is 19.0 Å². The first-order valence-electron chi connectivity index (χ1n) is 9.87. The molecule has 1 N–H and O–H groups in total. The highest BCUT2D eigenvalue weighted by Crippen LogP contribution is 2.22. The number of nitrogens with one attached hydrogen (secondary N) is 1. The Bertz CT molecular complexity index is 861. The minimum absolute atomic E-state index is 0.101. The van der Waals surface area contributed by atoms with Crippen molar-refractivity contribution in [1.82, 2.24) is 10.2 Å². The van der Waals surface area contributed by atoms with E-state index in [-0.39, 0.29) is 23.7 Å². The van der Waals surface area contributed by atoms with Crippen molar-refractivity contribution in [2.24, 2.45) is 5.92 Å². The van der Waals surface area contributed by atoms with E-state index in [1.54, 1.807) is 4.90 Å². The molecule has 3 rings (SSSR count). The van der Waals surface area contributed by atoms with Crippen molar-refractivity contribution < 1.29 is 14.5 Å². The van der Waals surface area contributed by atoms with Crippen LogP contribution in [0, 0.1) is 16.0 Å². The topological polar surface area (TPSA) is 92.6 Å². The quantitative estimate of drug-likeness (QED) is 0.576. The maximum absolute atomic E-state index is 12.4. The normalized spacial score (nSPS) is 14.4. The average Bonchev–Trinajstić information content (AvgIpc) is 2.77. The third kappa shape index (κ3) is 5.88. The Balaban J connectivity index is 1.41. The Morgan fingerprint density at radius 2 is 1.79 bits per heavy atom. The number of carbonyl (C=O) groups excluding carboxylic acids is 2. The highest BCUT2D eigenvalue weighted by Gasteiger charge is 2.23. The van der Waals surface area contributed by atoms with Gasteiger partial charge in [0, 0.05) is 30.8 Å². The highest BCUT2D eigenvalue weighted by molar-refractivity contribution is 5.96. The van der Waals surface area contributed by atoms with E-state index in [0.717, 1.165) is 25.7 Å². The van der Waals surface area contributed by atoms with Crippen LogP contribution < -0.4 is 5.32 Å². The van der Waals surface area contributed by atoms with Crippen LogP contribution in [0.3, 0.4) is 0 Å². The standard InChI is InChI=1S/C22H25N3O4/c26-21(16-23-22(27)19-7-4-8-20(15-19)25(28)29)24-13-11-18(12-14-24)10-9-17-5-2-1-3-6-17/h1-8,15,18H,9-14,16H2,(H,23,27). The van der Waals surface area contributed by atoms with Gasteiger partial charge in [-0.2, -0.15) is 0 Å². The molecular formula is C22H25N3O4. The highest BCUT2D eigenvalue weighted by atomic mass is 16.6. The lowest BCUT2D eigenvalue weighted by molar-refractivity contribution is -0.384. The van der Waals surface area contributed by atoms with Crippen LogP contribution in [0.25, 0.3) is 0 Å². The number of likely N-dealkylation sites (tertiary alicyclic amines) is 1. The van der Waals surface area contributed by atoms with Gasteiger partial charge < -0.3 is 10.2 Å². The number of hydrogen-bond acceptors (Lipinski definition) is 4. The van der Waals surface area contributed by atoms with E-state index < -0.39 is 10.8 Å². The van der Waals surface area contributed by atoms with Crippen LogP contribution in [0.4, 0.5) is 5.69 Å². The summed E-state index contributed by atoms with van der Waals surface area (Å²) in [4.78, 5) is 36.6. The number of amides is 2. The fourth-order valence-electron chi connectivity index (χ4n) is 3.62. The van der Waals surface area contributed by atoms with Gasteiger partial charge >= 0.3 is 0 Å². The van der Waals surface area contributed by atoms with Gasteiger partial charge in [-0.3, -0.25) is 19.7 Å². The zero-order valence-corrected chi connectivity index (χ0v) is 16.3. The molecule has 1 saturated heterocycles. The Morgan fingerprint density at radius 3 is 2.48 bits per heavy atom. The van der Waals surface area contributed by atoms with Crippen LogP contribution >= 0.6 is 0 Å². The molecule has 0 atom stereocenters. The first-order chi connectivity index (χ1) is 14.0. The fraction of sp³-hybridized carbons (Fsp3) is 0.364. The number of nitrogens with zero attached hydrogens (tertiary/aromatic N) is 2. The number of rotatable bonds is 7.